The van der Waals surface area contributed by atoms with E-state index in [2.05, 4.69) is 15.0 Å². The number of hydrogen-bond donors (Lipinski definition) is 1. The van der Waals surface area contributed by atoms with Gasteiger partial charge in [-0.1, -0.05) is 6.07 Å². The van der Waals surface area contributed by atoms with Gasteiger partial charge < -0.3 is 4.98 Å². The highest BCUT2D eigenvalue weighted by Gasteiger charge is 1.82. The second-order valence-corrected chi connectivity index (χ2v) is 2.12. The van der Waals surface area contributed by atoms with Crippen LogP contribution in [0.2, 0.25) is 0 Å². The highest BCUT2D eigenvalue weighted by Crippen LogP contribution is 1.77. The van der Waals surface area contributed by atoms with Crippen molar-refractivity contribution in [3.8, 4) is 0 Å². The molecule has 1 N–H and O–H groups in total. The normalized spacial score (nSPS) is 8.31. The summed E-state index contributed by atoms with van der Waals surface area (Å²) in [6, 6.07) is 5.72. The maximum absolute atomic E-state index is 9.77. The third-order valence-electron chi connectivity index (χ3n) is 1.20. The quantitative estimate of drug-likeness (QED) is 0.664. The third-order valence-corrected chi connectivity index (χ3v) is 1.20. The number of imidazole rings is 1. The molecule has 4 nitrogen and oxygen atoms in total. The summed E-state index contributed by atoms with van der Waals surface area (Å²) < 4.78 is 0. The van der Waals surface area contributed by atoms with Gasteiger partial charge in [0.15, 0.2) is 12.1 Å². The summed E-state index contributed by atoms with van der Waals surface area (Å²) in [5.41, 5.74) is 0. The van der Waals surface area contributed by atoms with Crippen LogP contribution in [0.25, 0.3) is 0 Å². The zero-order valence-corrected chi connectivity index (χ0v) is 6.92. The molecule has 2 aromatic rings. The van der Waals surface area contributed by atoms with Gasteiger partial charge in [0.2, 0.25) is 0 Å². The number of carbonyl (C=O) groups is 1. The van der Waals surface area contributed by atoms with E-state index in [-0.39, 0.29) is 0 Å². The average Bonchev–Trinajstić information content (AvgIpc) is 2.74. The number of aromatic nitrogens is 3. The predicted molar refractivity (Wildman–Crippen MR) is 48.2 cm³/mol. The van der Waals surface area contributed by atoms with E-state index < -0.39 is 0 Å². The Hall–Kier alpha value is -1.97. The molecule has 2 heterocycles. The molecular formula is C9H9N3O. The molecule has 0 amide bonds. The molecule has 2 aromatic heterocycles. The monoisotopic (exact) mass is 175 g/mol. The van der Waals surface area contributed by atoms with Gasteiger partial charge in [-0.25, -0.2) is 4.98 Å². The lowest BCUT2D eigenvalue weighted by molar-refractivity contribution is 0.111. The van der Waals surface area contributed by atoms with Gasteiger partial charge in [0, 0.05) is 24.8 Å². The van der Waals surface area contributed by atoms with Crippen molar-refractivity contribution < 1.29 is 4.79 Å². The fourth-order valence-corrected chi connectivity index (χ4v) is 0.655. The third kappa shape index (κ3) is 3.81. The number of H-pyrrole nitrogens is 1. The Morgan fingerprint density at radius 1 is 1.15 bits per heavy atom. The highest BCUT2D eigenvalue weighted by atomic mass is 16.1. The van der Waals surface area contributed by atoms with Gasteiger partial charge in [-0.2, -0.15) is 0 Å². The van der Waals surface area contributed by atoms with Gasteiger partial charge in [0.25, 0.3) is 0 Å². The van der Waals surface area contributed by atoms with Crippen LogP contribution in [0.3, 0.4) is 0 Å². The molecule has 0 aliphatic heterocycles. The molecule has 0 saturated carbocycles. The lowest BCUT2D eigenvalue weighted by atomic mass is 10.5. The van der Waals surface area contributed by atoms with E-state index in [1.807, 2.05) is 18.2 Å². The van der Waals surface area contributed by atoms with E-state index >= 15 is 0 Å². The van der Waals surface area contributed by atoms with Crippen LogP contribution >= 0.6 is 0 Å². The van der Waals surface area contributed by atoms with Crippen molar-refractivity contribution in [2.24, 2.45) is 0 Å². The first-order valence-corrected chi connectivity index (χ1v) is 3.73. The number of nitrogens with one attached hydrogen (secondary N) is 1. The smallest absolute Gasteiger partial charge is 0.185 e. The molecule has 2 rings (SSSR count). The molecule has 0 unspecified atom stereocenters. The Labute approximate surface area is 75.7 Å². The van der Waals surface area contributed by atoms with Crippen molar-refractivity contribution in [3.05, 3.63) is 48.8 Å². The number of pyridine rings is 1. The molecule has 0 fully saturated rings. The van der Waals surface area contributed by atoms with Gasteiger partial charge in [-0.05, 0) is 12.1 Å². The number of nitrogens with zero attached hydrogens (tertiary/aromatic N) is 2. The number of carbonyl (C=O) groups excluding carboxylic acids is 1. The predicted octanol–water partition coefficient (Wildman–Crippen LogP) is 1.30. The number of aromatic amines is 1. The lowest BCUT2D eigenvalue weighted by Crippen LogP contribution is -1.78. The molecule has 0 radical (unpaired) electrons. The van der Waals surface area contributed by atoms with Crippen LogP contribution in [-0.2, 0) is 0 Å². The molecule has 0 spiro atoms. The van der Waals surface area contributed by atoms with Crippen LogP contribution in [-0.4, -0.2) is 21.2 Å². The molecule has 0 saturated heterocycles. The Morgan fingerprint density at radius 2 is 1.92 bits per heavy atom. The standard InChI is InChI=1S/C5H5N.C4H4N2O/c1-2-4-6-5-3-1;7-3-4-5-1-2-6-4/h1-5H;1-3H,(H,5,6). The number of aldehydes is 1. The van der Waals surface area contributed by atoms with Crippen LogP contribution in [0.4, 0.5) is 0 Å². The molecule has 0 aromatic carbocycles. The first-order valence-electron chi connectivity index (χ1n) is 3.73. The summed E-state index contributed by atoms with van der Waals surface area (Å²) in [6.07, 6.45) is 7.30. The van der Waals surface area contributed by atoms with Crippen molar-refractivity contribution in [1.29, 1.82) is 0 Å². The SMILES string of the molecule is O=Cc1ncc[nH]1.c1ccncc1. The second kappa shape index (κ2) is 5.65. The summed E-state index contributed by atoms with van der Waals surface area (Å²) >= 11 is 0. The number of hydrogen-bond acceptors (Lipinski definition) is 3. The number of rotatable bonds is 1. The minimum Gasteiger partial charge on any atom is -0.342 e. The molecule has 0 atom stereocenters. The van der Waals surface area contributed by atoms with Crippen LogP contribution < -0.4 is 0 Å². The van der Waals surface area contributed by atoms with E-state index in [0.29, 0.717) is 12.1 Å². The minimum atomic E-state index is 0.375. The lowest BCUT2D eigenvalue weighted by Gasteiger charge is -1.70. The summed E-state index contributed by atoms with van der Waals surface area (Å²) in [6.45, 7) is 0. The fourth-order valence-electron chi connectivity index (χ4n) is 0.655. The van der Waals surface area contributed by atoms with E-state index in [0.717, 1.165) is 0 Å². The first-order chi connectivity index (χ1) is 6.43. The fraction of sp³-hybridized carbons (Fsp3) is 0. The van der Waals surface area contributed by atoms with E-state index in [1.165, 1.54) is 6.20 Å². The van der Waals surface area contributed by atoms with Crippen molar-refractivity contribution in [2.45, 2.75) is 0 Å². The molecular weight excluding hydrogens is 166 g/mol. The Morgan fingerprint density at radius 3 is 2.15 bits per heavy atom. The first kappa shape index (κ1) is 9.12. The maximum Gasteiger partial charge on any atom is 0.185 e. The van der Waals surface area contributed by atoms with Gasteiger partial charge in [-0.3, -0.25) is 9.78 Å². The van der Waals surface area contributed by atoms with Crippen LogP contribution in [0.5, 0.6) is 0 Å². The van der Waals surface area contributed by atoms with Gasteiger partial charge in [-0.15, -0.1) is 0 Å². The summed E-state index contributed by atoms with van der Waals surface area (Å²) in [5.74, 6) is 0.375. The Balaban J connectivity index is 0.000000132. The van der Waals surface area contributed by atoms with Crippen molar-refractivity contribution in [1.82, 2.24) is 15.0 Å². The van der Waals surface area contributed by atoms with E-state index in [4.69, 9.17) is 0 Å². The van der Waals surface area contributed by atoms with Crippen LogP contribution in [0.15, 0.2) is 43.0 Å². The summed E-state index contributed by atoms with van der Waals surface area (Å²) in [5, 5.41) is 0. The van der Waals surface area contributed by atoms with Gasteiger partial charge >= 0.3 is 0 Å². The van der Waals surface area contributed by atoms with Crippen molar-refractivity contribution in [2.75, 3.05) is 0 Å². The zero-order valence-electron chi connectivity index (χ0n) is 6.92. The summed E-state index contributed by atoms with van der Waals surface area (Å²) in [7, 11) is 0. The molecule has 66 valence electrons. The van der Waals surface area contributed by atoms with Crippen LogP contribution in [0.1, 0.15) is 10.6 Å². The minimum absolute atomic E-state index is 0.375. The Kier molecular flexibility index (Phi) is 3.96. The molecule has 0 aliphatic carbocycles. The zero-order chi connectivity index (χ0) is 9.36. The average molecular weight is 175 g/mol. The van der Waals surface area contributed by atoms with E-state index in [1.54, 1.807) is 18.6 Å². The van der Waals surface area contributed by atoms with Crippen molar-refractivity contribution >= 4 is 6.29 Å². The molecule has 13 heavy (non-hydrogen) atoms. The van der Waals surface area contributed by atoms with Crippen molar-refractivity contribution in [3.63, 3.8) is 0 Å². The maximum atomic E-state index is 9.77. The molecule has 4 heteroatoms. The van der Waals surface area contributed by atoms with Crippen LogP contribution in [0, 0.1) is 0 Å². The van der Waals surface area contributed by atoms with Gasteiger partial charge in [0.1, 0.15) is 0 Å². The molecule has 0 bridgehead atoms. The molecule has 0 aliphatic rings. The summed E-state index contributed by atoms with van der Waals surface area (Å²) in [4.78, 5) is 19.8. The second-order valence-electron chi connectivity index (χ2n) is 2.12. The highest BCUT2D eigenvalue weighted by molar-refractivity contribution is 5.68. The van der Waals surface area contributed by atoms with E-state index in [9.17, 15) is 4.79 Å². The Bertz CT molecular complexity index is 291. The van der Waals surface area contributed by atoms with Gasteiger partial charge in [0.05, 0.1) is 0 Å². The largest absolute Gasteiger partial charge is 0.342 e. The topological polar surface area (TPSA) is 58.6 Å².